The fourth-order valence-corrected chi connectivity index (χ4v) is 3.30. The molecule has 0 amide bonds. The molecular weight excluding hydrogens is 314 g/mol. The second kappa shape index (κ2) is 6.01. The van der Waals surface area contributed by atoms with Crippen LogP contribution in [0.4, 0.5) is 0 Å². The molecule has 1 aromatic carbocycles. The van der Waals surface area contributed by atoms with Gasteiger partial charge in [-0.3, -0.25) is 0 Å². The summed E-state index contributed by atoms with van der Waals surface area (Å²) in [6.07, 6.45) is 0. The molecule has 0 fully saturated rings. The number of thiazole rings is 1. The number of aromatic carboxylic acids is 1. The summed E-state index contributed by atoms with van der Waals surface area (Å²) < 4.78 is 26.4. The summed E-state index contributed by atoms with van der Waals surface area (Å²) in [5.74, 6) is -1.16. The Morgan fingerprint density at radius 3 is 2.86 bits per heavy atom. The minimum atomic E-state index is -3.78. The molecule has 0 radical (unpaired) electrons. The molecule has 2 aromatic rings. The number of nitriles is 1. The van der Waals surface area contributed by atoms with E-state index in [-0.39, 0.29) is 22.7 Å². The number of nitrogens with one attached hydrogen (secondary N) is 1. The monoisotopic (exact) mass is 323 g/mol. The molecule has 0 atom stereocenters. The topological polar surface area (TPSA) is 120 Å². The summed E-state index contributed by atoms with van der Waals surface area (Å²) in [6, 6.07) is 7.46. The molecule has 0 aliphatic heterocycles. The zero-order valence-electron chi connectivity index (χ0n) is 10.5. The van der Waals surface area contributed by atoms with Gasteiger partial charge in [-0.15, -0.1) is 11.3 Å². The number of carbonyl (C=O) groups is 1. The lowest BCUT2D eigenvalue weighted by molar-refractivity contribution is 0.0691. The summed E-state index contributed by atoms with van der Waals surface area (Å²) >= 11 is 1.05. The van der Waals surface area contributed by atoms with Crippen LogP contribution in [0.1, 0.15) is 21.1 Å². The average Bonchev–Trinajstić information content (AvgIpc) is 2.94. The maximum absolute atomic E-state index is 12.1. The molecule has 21 heavy (non-hydrogen) atoms. The predicted molar refractivity (Wildman–Crippen MR) is 74.3 cm³/mol. The van der Waals surface area contributed by atoms with Crippen LogP contribution in [-0.4, -0.2) is 24.5 Å². The van der Waals surface area contributed by atoms with Crippen molar-refractivity contribution in [2.24, 2.45) is 0 Å². The summed E-state index contributed by atoms with van der Waals surface area (Å²) in [7, 11) is -3.78. The minimum Gasteiger partial charge on any atom is -0.476 e. The molecule has 7 nitrogen and oxygen atoms in total. The Morgan fingerprint density at radius 1 is 1.48 bits per heavy atom. The van der Waals surface area contributed by atoms with E-state index < -0.39 is 16.0 Å². The summed E-state index contributed by atoms with van der Waals surface area (Å²) in [4.78, 5) is 14.4. The van der Waals surface area contributed by atoms with Gasteiger partial charge in [-0.1, -0.05) is 6.07 Å². The van der Waals surface area contributed by atoms with Gasteiger partial charge in [0.1, 0.15) is 5.01 Å². The molecule has 0 bridgehead atoms. The number of nitrogens with zero attached hydrogens (tertiary/aromatic N) is 2. The lowest BCUT2D eigenvalue weighted by Crippen LogP contribution is -2.23. The van der Waals surface area contributed by atoms with Crippen LogP contribution in [0.15, 0.2) is 34.5 Å². The fourth-order valence-electron chi connectivity index (χ4n) is 1.46. The van der Waals surface area contributed by atoms with E-state index >= 15 is 0 Å². The van der Waals surface area contributed by atoms with Crippen molar-refractivity contribution in [3.63, 3.8) is 0 Å². The van der Waals surface area contributed by atoms with Crippen LogP contribution in [0.5, 0.6) is 0 Å². The maximum atomic E-state index is 12.1. The van der Waals surface area contributed by atoms with E-state index in [4.69, 9.17) is 10.4 Å². The van der Waals surface area contributed by atoms with Gasteiger partial charge >= 0.3 is 5.97 Å². The molecule has 0 spiro atoms. The highest BCUT2D eigenvalue weighted by Gasteiger charge is 2.16. The largest absolute Gasteiger partial charge is 0.476 e. The van der Waals surface area contributed by atoms with Crippen molar-refractivity contribution in [3.8, 4) is 6.07 Å². The van der Waals surface area contributed by atoms with Crippen LogP contribution in [0.3, 0.4) is 0 Å². The zero-order valence-corrected chi connectivity index (χ0v) is 12.1. The number of rotatable bonds is 5. The Balaban J connectivity index is 2.13. The van der Waals surface area contributed by atoms with Gasteiger partial charge in [0.15, 0.2) is 5.69 Å². The van der Waals surface area contributed by atoms with Crippen LogP contribution in [0.2, 0.25) is 0 Å². The molecule has 9 heteroatoms. The molecule has 1 heterocycles. The van der Waals surface area contributed by atoms with E-state index in [0.29, 0.717) is 5.01 Å². The molecule has 0 saturated carbocycles. The summed E-state index contributed by atoms with van der Waals surface area (Å²) in [5.41, 5.74) is 0.112. The molecular formula is C12H9N3O4S2. The fraction of sp³-hybridized carbons (Fsp3) is 0.0833. The Labute approximate surface area is 124 Å². The number of carboxylic acid groups (broad SMARTS) is 1. The van der Waals surface area contributed by atoms with E-state index in [2.05, 4.69) is 9.71 Å². The van der Waals surface area contributed by atoms with Crippen molar-refractivity contribution in [1.29, 1.82) is 5.26 Å². The van der Waals surface area contributed by atoms with E-state index in [1.54, 1.807) is 0 Å². The van der Waals surface area contributed by atoms with E-state index in [0.717, 1.165) is 11.3 Å². The van der Waals surface area contributed by atoms with E-state index in [1.807, 2.05) is 6.07 Å². The Morgan fingerprint density at radius 2 is 2.24 bits per heavy atom. The molecule has 1 aromatic heterocycles. The van der Waals surface area contributed by atoms with Crippen molar-refractivity contribution in [2.75, 3.05) is 0 Å². The molecule has 108 valence electrons. The highest BCUT2D eigenvalue weighted by Crippen LogP contribution is 2.13. The van der Waals surface area contributed by atoms with Gasteiger partial charge < -0.3 is 5.11 Å². The van der Waals surface area contributed by atoms with Crippen molar-refractivity contribution < 1.29 is 18.3 Å². The van der Waals surface area contributed by atoms with Crippen LogP contribution < -0.4 is 4.72 Å². The number of carboxylic acids is 1. The third-order valence-electron chi connectivity index (χ3n) is 2.46. The van der Waals surface area contributed by atoms with Crippen molar-refractivity contribution in [1.82, 2.24) is 9.71 Å². The van der Waals surface area contributed by atoms with Gasteiger partial charge in [0.2, 0.25) is 10.0 Å². The molecule has 0 aliphatic rings. The maximum Gasteiger partial charge on any atom is 0.355 e. The molecule has 0 aliphatic carbocycles. The third kappa shape index (κ3) is 3.63. The van der Waals surface area contributed by atoms with Gasteiger partial charge in [0.25, 0.3) is 0 Å². The predicted octanol–water partition coefficient (Wildman–Crippen LogP) is 1.19. The second-order valence-corrected chi connectivity index (χ2v) is 6.61. The second-order valence-electron chi connectivity index (χ2n) is 3.90. The normalized spacial score (nSPS) is 11.0. The summed E-state index contributed by atoms with van der Waals surface area (Å²) in [5, 5.41) is 19.2. The quantitative estimate of drug-likeness (QED) is 0.852. The Kier molecular flexibility index (Phi) is 4.32. The first-order chi connectivity index (χ1) is 9.92. The highest BCUT2D eigenvalue weighted by molar-refractivity contribution is 7.89. The molecule has 0 saturated heterocycles. The van der Waals surface area contributed by atoms with Crippen LogP contribution in [0.25, 0.3) is 0 Å². The first kappa shape index (κ1) is 15.1. The van der Waals surface area contributed by atoms with Crippen LogP contribution in [0, 0.1) is 11.3 Å². The van der Waals surface area contributed by atoms with Crippen LogP contribution >= 0.6 is 11.3 Å². The smallest absolute Gasteiger partial charge is 0.355 e. The minimum absolute atomic E-state index is 0.0310. The number of hydrogen-bond acceptors (Lipinski definition) is 6. The molecule has 2 N–H and O–H groups in total. The highest BCUT2D eigenvalue weighted by atomic mass is 32.2. The Hall–Kier alpha value is -2.28. The van der Waals surface area contributed by atoms with Crippen LogP contribution in [-0.2, 0) is 16.6 Å². The van der Waals surface area contributed by atoms with Crippen molar-refractivity contribution in [2.45, 2.75) is 11.4 Å². The van der Waals surface area contributed by atoms with Crippen molar-refractivity contribution in [3.05, 3.63) is 45.9 Å². The SMILES string of the molecule is N#Cc1cccc(S(=O)(=O)NCc2nc(C(=O)O)cs2)c1. The van der Waals surface area contributed by atoms with Gasteiger partial charge in [0, 0.05) is 5.38 Å². The number of hydrogen-bond donors (Lipinski definition) is 2. The number of sulfonamides is 1. The van der Waals surface area contributed by atoms with E-state index in [1.165, 1.54) is 29.6 Å². The Bertz CT molecular complexity index is 821. The number of aromatic nitrogens is 1. The average molecular weight is 323 g/mol. The van der Waals surface area contributed by atoms with Gasteiger partial charge in [-0.05, 0) is 18.2 Å². The van der Waals surface area contributed by atoms with E-state index in [9.17, 15) is 13.2 Å². The first-order valence-electron chi connectivity index (χ1n) is 5.60. The van der Waals surface area contributed by atoms with Crippen molar-refractivity contribution >= 4 is 27.3 Å². The first-order valence-corrected chi connectivity index (χ1v) is 7.96. The lowest BCUT2D eigenvalue weighted by Gasteiger charge is -2.05. The van der Waals surface area contributed by atoms with Gasteiger partial charge in [-0.2, -0.15) is 5.26 Å². The molecule has 0 unspecified atom stereocenters. The standard InChI is InChI=1S/C12H9N3O4S2/c13-5-8-2-1-3-9(4-8)21(18,19)14-6-11-15-10(7-20-11)12(16)17/h1-4,7,14H,6H2,(H,16,17). The third-order valence-corrected chi connectivity index (χ3v) is 4.71. The zero-order chi connectivity index (χ0) is 15.5. The number of benzene rings is 1. The molecule has 2 rings (SSSR count). The van der Waals surface area contributed by atoms with Gasteiger partial charge in [-0.25, -0.2) is 22.9 Å². The summed E-state index contributed by atoms with van der Waals surface area (Å²) in [6.45, 7) is -0.114. The lowest BCUT2D eigenvalue weighted by atomic mass is 10.2. The van der Waals surface area contributed by atoms with Gasteiger partial charge in [0.05, 0.1) is 23.1 Å².